The van der Waals surface area contributed by atoms with Crippen LogP contribution in [0.25, 0.3) is 0 Å². The summed E-state index contributed by atoms with van der Waals surface area (Å²) < 4.78 is 5.09. The molecule has 11 nitrogen and oxygen atoms in total. The van der Waals surface area contributed by atoms with Crippen LogP contribution in [0.1, 0.15) is 29.2 Å². The minimum absolute atomic E-state index is 0.00523. The molecular formula is C23H24N4O7S. The molecule has 184 valence electrons. The highest BCUT2D eigenvalue weighted by molar-refractivity contribution is 7.09. The highest BCUT2D eigenvalue weighted by Gasteiger charge is 2.60. The first-order chi connectivity index (χ1) is 16.6. The van der Waals surface area contributed by atoms with E-state index in [0.717, 1.165) is 17.1 Å². The van der Waals surface area contributed by atoms with E-state index in [-0.39, 0.29) is 22.9 Å². The van der Waals surface area contributed by atoms with Gasteiger partial charge in [0.15, 0.2) is 0 Å². The summed E-state index contributed by atoms with van der Waals surface area (Å²) in [5.74, 6) is -3.26. The van der Waals surface area contributed by atoms with E-state index in [1.807, 2.05) is 24.3 Å². The molecule has 0 bridgehead atoms. The highest BCUT2D eigenvalue weighted by atomic mass is 32.1. The Labute approximate surface area is 204 Å². The lowest BCUT2D eigenvalue weighted by atomic mass is 9.77. The maximum Gasteiger partial charge on any atom is 0.362 e. The number of benzene rings is 1. The van der Waals surface area contributed by atoms with Gasteiger partial charge in [0.25, 0.3) is 5.69 Å². The predicted molar refractivity (Wildman–Crippen MR) is 124 cm³/mol. The SMILES string of the molecule is C[C@@H](O)[C@H]1C(=O)N2C(C(=O)OC(=O)c3ccc([N+](=O)[O-])cc3)=C(CN(C)Cc3nccs3)[C@H](C)[C@H]12. The van der Waals surface area contributed by atoms with Crippen molar-refractivity contribution in [1.82, 2.24) is 14.8 Å². The van der Waals surface area contributed by atoms with Crippen LogP contribution in [0.15, 0.2) is 47.1 Å². The van der Waals surface area contributed by atoms with Crippen LogP contribution >= 0.6 is 11.3 Å². The third-order valence-corrected chi connectivity index (χ3v) is 7.10. The van der Waals surface area contributed by atoms with Gasteiger partial charge in [-0.05, 0) is 31.7 Å². The van der Waals surface area contributed by atoms with Crippen molar-refractivity contribution in [3.63, 3.8) is 0 Å². The number of hydrogen-bond acceptors (Lipinski definition) is 10. The van der Waals surface area contributed by atoms with Gasteiger partial charge in [-0.15, -0.1) is 11.3 Å². The van der Waals surface area contributed by atoms with Gasteiger partial charge in [0, 0.05) is 36.2 Å². The summed E-state index contributed by atoms with van der Waals surface area (Å²) in [5.41, 5.74) is 0.396. The zero-order valence-electron chi connectivity index (χ0n) is 19.3. The molecule has 2 aliphatic rings. The summed E-state index contributed by atoms with van der Waals surface area (Å²) in [6.07, 6.45) is 0.813. The van der Waals surface area contributed by atoms with Crippen molar-refractivity contribution in [3.8, 4) is 0 Å². The molecule has 4 atom stereocenters. The van der Waals surface area contributed by atoms with E-state index in [0.29, 0.717) is 18.7 Å². The number of nitro benzene ring substituents is 1. The van der Waals surface area contributed by atoms with Crippen LogP contribution in [0.5, 0.6) is 0 Å². The summed E-state index contributed by atoms with van der Waals surface area (Å²) in [5, 5.41) is 23.7. The Kier molecular flexibility index (Phi) is 6.79. The number of esters is 2. The lowest BCUT2D eigenvalue weighted by Gasteiger charge is -2.46. The molecular weight excluding hydrogens is 476 g/mol. The van der Waals surface area contributed by atoms with E-state index >= 15 is 0 Å². The number of fused-ring (bicyclic) bond motifs is 1. The molecule has 0 saturated carbocycles. The largest absolute Gasteiger partial charge is 0.393 e. The normalized spacial score (nSPS) is 22.1. The first-order valence-corrected chi connectivity index (χ1v) is 11.8. The lowest BCUT2D eigenvalue weighted by Crippen LogP contribution is -2.63. The summed E-state index contributed by atoms with van der Waals surface area (Å²) in [6.45, 7) is 4.26. The number of carbonyl (C=O) groups is 3. The second kappa shape index (κ2) is 9.64. The van der Waals surface area contributed by atoms with Crippen molar-refractivity contribution in [2.24, 2.45) is 11.8 Å². The topological polar surface area (TPSA) is 143 Å². The number of nitro groups is 1. The smallest absolute Gasteiger partial charge is 0.362 e. The third-order valence-electron chi connectivity index (χ3n) is 6.34. The Bertz CT molecular complexity index is 1190. The highest BCUT2D eigenvalue weighted by Crippen LogP contribution is 2.47. The average molecular weight is 501 g/mol. The number of thiazole rings is 1. The van der Waals surface area contributed by atoms with Crippen molar-refractivity contribution in [2.45, 2.75) is 32.5 Å². The van der Waals surface area contributed by atoms with Gasteiger partial charge >= 0.3 is 11.9 Å². The van der Waals surface area contributed by atoms with Gasteiger partial charge in [-0.2, -0.15) is 0 Å². The number of carbonyl (C=O) groups excluding carboxylic acids is 3. The van der Waals surface area contributed by atoms with Crippen molar-refractivity contribution < 1.29 is 29.2 Å². The molecule has 2 aliphatic heterocycles. The van der Waals surface area contributed by atoms with Crippen molar-refractivity contribution in [1.29, 1.82) is 0 Å². The molecule has 1 amide bonds. The van der Waals surface area contributed by atoms with E-state index < -0.39 is 40.8 Å². The van der Waals surface area contributed by atoms with Gasteiger partial charge in [0.05, 0.1) is 35.1 Å². The van der Waals surface area contributed by atoms with Crippen LogP contribution in [0.2, 0.25) is 0 Å². The Hall–Kier alpha value is -3.48. The lowest BCUT2D eigenvalue weighted by molar-refractivity contribution is -0.384. The van der Waals surface area contributed by atoms with E-state index in [2.05, 4.69) is 4.98 Å². The molecule has 0 radical (unpaired) electrons. The molecule has 1 fully saturated rings. The number of likely N-dealkylation sites (N-methyl/N-ethyl adjacent to an activating group) is 1. The first kappa shape index (κ1) is 24.6. The predicted octanol–water partition coefficient (Wildman–Crippen LogP) is 1.98. The number of non-ortho nitro benzene ring substituents is 1. The fourth-order valence-electron chi connectivity index (χ4n) is 4.66. The summed E-state index contributed by atoms with van der Waals surface area (Å²) in [6, 6.07) is 4.26. The van der Waals surface area contributed by atoms with E-state index in [1.54, 1.807) is 6.20 Å². The fraction of sp³-hybridized carbons (Fsp3) is 0.391. The molecule has 1 aromatic carbocycles. The van der Waals surface area contributed by atoms with Crippen LogP contribution in [-0.2, 0) is 20.9 Å². The number of aromatic nitrogens is 1. The summed E-state index contributed by atoms with van der Waals surface area (Å²) in [4.78, 5) is 56.4. The minimum Gasteiger partial charge on any atom is -0.393 e. The Morgan fingerprint density at radius 1 is 1.29 bits per heavy atom. The molecule has 0 unspecified atom stereocenters. The van der Waals surface area contributed by atoms with E-state index in [4.69, 9.17) is 4.74 Å². The molecule has 1 N–H and O–H groups in total. The maximum absolute atomic E-state index is 13.2. The van der Waals surface area contributed by atoms with Crippen LogP contribution in [-0.4, -0.2) is 68.4 Å². The number of ether oxygens (including phenoxy) is 1. The molecule has 35 heavy (non-hydrogen) atoms. The number of hydrogen-bond donors (Lipinski definition) is 1. The molecule has 4 rings (SSSR count). The quantitative estimate of drug-likeness (QED) is 0.189. The average Bonchev–Trinajstić information content (AvgIpc) is 3.38. The monoisotopic (exact) mass is 500 g/mol. The second-order valence-electron chi connectivity index (χ2n) is 8.71. The van der Waals surface area contributed by atoms with Gasteiger partial charge in [-0.3, -0.25) is 19.8 Å². The van der Waals surface area contributed by atoms with Crippen LogP contribution in [0.4, 0.5) is 5.69 Å². The van der Waals surface area contributed by atoms with Crippen molar-refractivity contribution >= 4 is 34.9 Å². The molecule has 1 saturated heterocycles. The number of β-lactam (4-membered cyclic amide) rings is 1. The van der Waals surface area contributed by atoms with Gasteiger partial charge < -0.3 is 14.7 Å². The van der Waals surface area contributed by atoms with Crippen LogP contribution in [0.3, 0.4) is 0 Å². The standard InChI is InChI=1S/C23H24N4O7S/c1-12-16(10-25(3)11-17-24-8-9-35-17)20(26-19(12)18(13(2)28)21(26)29)23(31)34-22(30)14-4-6-15(7-5-14)27(32)33/h4-9,12-13,18-19,28H,10-11H2,1-3H3/t12-,13+,18+,19+/m0/s1. The molecule has 2 aromatic rings. The number of amides is 1. The van der Waals surface area contributed by atoms with E-state index in [1.165, 1.54) is 35.3 Å². The van der Waals surface area contributed by atoms with Gasteiger partial charge in [0.1, 0.15) is 10.7 Å². The number of nitrogens with zero attached hydrogens (tertiary/aromatic N) is 4. The maximum atomic E-state index is 13.2. The van der Waals surface area contributed by atoms with Crippen LogP contribution in [0, 0.1) is 22.0 Å². The minimum atomic E-state index is -0.982. The zero-order valence-corrected chi connectivity index (χ0v) is 20.1. The summed E-state index contributed by atoms with van der Waals surface area (Å²) in [7, 11) is 1.86. The second-order valence-corrected chi connectivity index (χ2v) is 9.69. The van der Waals surface area contributed by atoms with Crippen LogP contribution < -0.4 is 0 Å². The van der Waals surface area contributed by atoms with Crippen molar-refractivity contribution in [3.05, 3.63) is 67.8 Å². The van der Waals surface area contributed by atoms with Gasteiger partial charge in [-0.1, -0.05) is 6.92 Å². The number of aliphatic hydroxyl groups is 1. The van der Waals surface area contributed by atoms with Crippen molar-refractivity contribution in [2.75, 3.05) is 13.6 Å². The Morgan fingerprint density at radius 2 is 1.97 bits per heavy atom. The number of aliphatic hydroxyl groups excluding tert-OH is 1. The van der Waals surface area contributed by atoms with Gasteiger partial charge in [0.2, 0.25) is 5.91 Å². The molecule has 1 aromatic heterocycles. The molecule has 0 aliphatic carbocycles. The molecule has 0 spiro atoms. The fourth-order valence-corrected chi connectivity index (χ4v) is 5.36. The van der Waals surface area contributed by atoms with Gasteiger partial charge in [-0.25, -0.2) is 14.6 Å². The van der Waals surface area contributed by atoms with E-state index in [9.17, 15) is 29.6 Å². The summed E-state index contributed by atoms with van der Waals surface area (Å²) >= 11 is 1.50. The Morgan fingerprint density at radius 3 is 2.54 bits per heavy atom. The Balaban J connectivity index is 1.59. The molecule has 12 heteroatoms. The zero-order chi connectivity index (χ0) is 25.4. The third kappa shape index (κ3) is 4.59. The molecule has 3 heterocycles. The first-order valence-electron chi connectivity index (χ1n) is 10.9. The number of rotatable bonds is 8.